The minimum atomic E-state index is -0.956. The van der Waals surface area contributed by atoms with Crippen LogP contribution in [0.2, 0.25) is 0 Å². The second kappa shape index (κ2) is 7.62. The fourth-order valence-electron chi connectivity index (χ4n) is 3.99. The molecule has 3 rings (SSSR count). The number of urea groups is 1. The molecule has 0 bridgehead atoms. The smallest absolute Gasteiger partial charge is 0.323 e. The van der Waals surface area contributed by atoms with Crippen molar-refractivity contribution in [3.63, 3.8) is 0 Å². The van der Waals surface area contributed by atoms with E-state index in [-0.39, 0.29) is 24.3 Å². The zero-order valence-corrected chi connectivity index (χ0v) is 16.9. The molecular weight excluding hydrogens is 354 g/mol. The summed E-state index contributed by atoms with van der Waals surface area (Å²) in [5, 5.41) is 4.75. The number of carbonyl (C=O) groups is 3. The predicted octanol–water partition coefficient (Wildman–Crippen LogP) is 3.55. The van der Waals surface area contributed by atoms with Crippen LogP contribution in [-0.4, -0.2) is 41.4 Å². The van der Waals surface area contributed by atoms with Gasteiger partial charge in [0.2, 0.25) is 5.91 Å². The Morgan fingerprint density at radius 3 is 2.50 bits per heavy atom. The summed E-state index contributed by atoms with van der Waals surface area (Å²) in [5.74, 6) is -0.377. The molecule has 28 heavy (non-hydrogen) atoms. The first-order valence-electron chi connectivity index (χ1n) is 9.69. The predicted molar refractivity (Wildman–Crippen MR) is 110 cm³/mol. The van der Waals surface area contributed by atoms with Crippen LogP contribution in [0, 0.1) is 5.92 Å². The molecule has 4 amide bonds. The first-order valence-corrected chi connectivity index (χ1v) is 9.69. The Morgan fingerprint density at radius 1 is 1.14 bits per heavy atom. The molecule has 1 aliphatic heterocycles. The van der Waals surface area contributed by atoms with Crippen molar-refractivity contribution in [3.8, 4) is 0 Å². The van der Waals surface area contributed by atoms with Gasteiger partial charge in [-0.3, -0.25) is 14.5 Å². The van der Waals surface area contributed by atoms with Crippen LogP contribution in [0.3, 0.4) is 0 Å². The standard InChI is InChI=1S/C22H27N3O3/c1-5-24(18-12-8-10-16-9-6-7-11-17(16)18)19(26)14-25-20(27)22(4,13-15(2)3)23-21(25)28/h6-12,15H,5,13-14H2,1-4H3,(H,23,28). The molecule has 0 radical (unpaired) electrons. The lowest BCUT2D eigenvalue weighted by molar-refractivity contribution is -0.134. The molecule has 1 atom stereocenters. The summed E-state index contributed by atoms with van der Waals surface area (Å²) in [6.45, 7) is 7.78. The van der Waals surface area contributed by atoms with E-state index in [2.05, 4.69) is 5.32 Å². The highest BCUT2D eigenvalue weighted by Crippen LogP contribution is 2.28. The lowest BCUT2D eigenvalue weighted by Crippen LogP contribution is -2.46. The van der Waals surface area contributed by atoms with E-state index in [4.69, 9.17) is 0 Å². The minimum Gasteiger partial charge on any atom is -0.323 e. The number of carbonyl (C=O) groups excluding carboxylic acids is 3. The number of benzene rings is 2. The summed E-state index contributed by atoms with van der Waals surface area (Å²) in [4.78, 5) is 41.0. The molecule has 1 heterocycles. The monoisotopic (exact) mass is 381 g/mol. The van der Waals surface area contributed by atoms with Crippen LogP contribution in [0.5, 0.6) is 0 Å². The van der Waals surface area contributed by atoms with Gasteiger partial charge in [0.15, 0.2) is 0 Å². The molecular formula is C22H27N3O3. The van der Waals surface area contributed by atoms with Gasteiger partial charge in [0.25, 0.3) is 5.91 Å². The van der Waals surface area contributed by atoms with Gasteiger partial charge in [-0.1, -0.05) is 50.2 Å². The Bertz CT molecular complexity index is 919. The Balaban J connectivity index is 1.85. The Labute approximate surface area is 165 Å². The molecule has 2 aromatic carbocycles. The number of anilines is 1. The van der Waals surface area contributed by atoms with E-state index in [0.717, 1.165) is 21.4 Å². The maximum absolute atomic E-state index is 13.1. The summed E-state index contributed by atoms with van der Waals surface area (Å²) in [5.41, 5.74) is -0.176. The van der Waals surface area contributed by atoms with E-state index in [0.29, 0.717) is 13.0 Å². The summed E-state index contributed by atoms with van der Waals surface area (Å²) < 4.78 is 0. The number of nitrogens with zero attached hydrogens (tertiary/aromatic N) is 2. The fourth-order valence-corrected chi connectivity index (χ4v) is 3.99. The van der Waals surface area contributed by atoms with E-state index < -0.39 is 11.6 Å². The van der Waals surface area contributed by atoms with Crippen molar-refractivity contribution in [2.24, 2.45) is 5.92 Å². The normalized spacial score (nSPS) is 19.4. The van der Waals surface area contributed by atoms with E-state index in [1.807, 2.05) is 63.2 Å². The second-order valence-corrected chi connectivity index (χ2v) is 7.89. The third-order valence-corrected chi connectivity index (χ3v) is 5.13. The van der Waals surface area contributed by atoms with Gasteiger partial charge in [-0.2, -0.15) is 0 Å². The molecule has 6 nitrogen and oxygen atoms in total. The van der Waals surface area contributed by atoms with E-state index >= 15 is 0 Å². The molecule has 1 saturated heterocycles. The number of hydrogen-bond donors (Lipinski definition) is 1. The first-order chi connectivity index (χ1) is 13.3. The first kappa shape index (κ1) is 19.9. The zero-order chi connectivity index (χ0) is 20.5. The number of hydrogen-bond acceptors (Lipinski definition) is 3. The van der Waals surface area contributed by atoms with E-state index in [1.165, 1.54) is 0 Å². The number of nitrogens with one attached hydrogen (secondary N) is 1. The van der Waals surface area contributed by atoms with Crippen LogP contribution in [0.25, 0.3) is 10.8 Å². The van der Waals surface area contributed by atoms with Gasteiger partial charge in [0, 0.05) is 11.9 Å². The Kier molecular flexibility index (Phi) is 5.40. The second-order valence-electron chi connectivity index (χ2n) is 7.89. The van der Waals surface area contributed by atoms with Crippen LogP contribution in [0.1, 0.15) is 34.1 Å². The molecule has 1 unspecified atom stereocenters. The highest BCUT2D eigenvalue weighted by atomic mass is 16.2. The molecule has 148 valence electrons. The molecule has 1 aliphatic rings. The largest absolute Gasteiger partial charge is 0.325 e. The average Bonchev–Trinajstić information content (AvgIpc) is 2.84. The van der Waals surface area contributed by atoms with Crippen molar-refractivity contribution < 1.29 is 14.4 Å². The summed E-state index contributed by atoms with van der Waals surface area (Å²) in [6.07, 6.45) is 0.531. The van der Waals surface area contributed by atoms with Crippen molar-refractivity contribution in [1.82, 2.24) is 10.2 Å². The summed E-state index contributed by atoms with van der Waals surface area (Å²) in [6, 6.07) is 13.1. The van der Waals surface area contributed by atoms with Crippen LogP contribution in [0.4, 0.5) is 10.5 Å². The molecule has 2 aromatic rings. The molecule has 0 spiro atoms. The van der Waals surface area contributed by atoms with Crippen LogP contribution in [0.15, 0.2) is 42.5 Å². The van der Waals surface area contributed by atoms with Crippen molar-refractivity contribution in [2.45, 2.75) is 39.7 Å². The maximum Gasteiger partial charge on any atom is 0.325 e. The van der Waals surface area contributed by atoms with Crippen molar-refractivity contribution >= 4 is 34.3 Å². The molecule has 0 saturated carbocycles. The molecule has 1 N–H and O–H groups in total. The van der Waals surface area contributed by atoms with Gasteiger partial charge in [-0.25, -0.2) is 4.79 Å². The highest BCUT2D eigenvalue weighted by Gasteiger charge is 2.48. The molecule has 1 fully saturated rings. The number of rotatable bonds is 6. The fraction of sp³-hybridized carbons (Fsp3) is 0.409. The maximum atomic E-state index is 13.1. The van der Waals surface area contributed by atoms with Gasteiger partial charge in [0.05, 0.1) is 5.69 Å². The summed E-state index contributed by atoms with van der Waals surface area (Å²) >= 11 is 0. The van der Waals surface area contributed by atoms with Crippen molar-refractivity contribution in [1.29, 1.82) is 0 Å². The topological polar surface area (TPSA) is 69.7 Å². The Hall–Kier alpha value is -2.89. The lowest BCUT2D eigenvalue weighted by atomic mass is 9.91. The van der Waals surface area contributed by atoms with Crippen LogP contribution < -0.4 is 10.2 Å². The third-order valence-electron chi connectivity index (χ3n) is 5.13. The van der Waals surface area contributed by atoms with Gasteiger partial charge >= 0.3 is 6.03 Å². The van der Waals surface area contributed by atoms with Crippen LogP contribution >= 0.6 is 0 Å². The quantitative estimate of drug-likeness (QED) is 0.778. The van der Waals surface area contributed by atoms with E-state index in [9.17, 15) is 14.4 Å². The number of amides is 4. The van der Waals surface area contributed by atoms with Crippen LogP contribution in [-0.2, 0) is 9.59 Å². The lowest BCUT2D eigenvalue weighted by Gasteiger charge is -2.26. The number of fused-ring (bicyclic) bond motifs is 1. The molecule has 0 aliphatic carbocycles. The summed E-state index contributed by atoms with van der Waals surface area (Å²) in [7, 11) is 0. The number of imide groups is 1. The number of likely N-dealkylation sites (N-methyl/N-ethyl adjacent to an activating group) is 1. The van der Waals surface area contributed by atoms with Crippen molar-refractivity contribution in [3.05, 3.63) is 42.5 Å². The van der Waals surface area contributed by atoms with Crippen molar-refractivity contribution in [2.75, 3.05) is 18.0 Å². The molecule has 0 aromatic heterocycles. The van der Waals surface area contributed by atoms with E-state index in [1.54, 1.807) is 11.8 Å². The highest BCUT2D eigenvalue weighted by molar-refractivity contribution is 6.11. The zero-order valence-electron chi connectivity index (χ0n) is 16.9. The van der Waals surface area contributed by atoms with Gasteiger partial charge in [-0.15, -0.1) is 0 Å². The average molecular weight is 381 g/mol. The molecule has 6 heteroatoms. The third kappa shape index (κ3) is 3.59. The Morgan fingerprint density at radius 2 is 1.82 bits per heavy atom. The van der Waals surface area contributed by atoms with Gasteiger partial charge in [0.1, 0.15) is 12.1 Å². The van der Waals surface area contributed by atoms with Gasteiger partial charge in [-0.05, 0) is 37.6 Å². The minimum absolute atomic E-state index is 0.243. The van der Waals surface area contributed by atoms with Gasteiger partial charge < -0.3 is 10.2 Å². The SMILES string of the molecule is CCN(C(=O)CN1C(=O)NC(C)(CC(C)C)C1=O)c1cccc2ccccc12.